The largest absolute Gasteiger partial charge is 0.441 e. The number of carbonyl (C=O) groups is 2. The van der Waals surface area contributed by atoms with Crippen LogP contribution in [-0.2, 0) is 9.53 Å². The van der Waals surface area contributed by atoms with Gasteiger partial charge in [-0.3, -0.25) is 4.79 Å². The van der Waals surface area contributed by atoms with Gasteiger partial charge in [-0.1, -0.05) is 33.6 Å². The molecule has 5 heteroatoms. The number of unbranched alkanes of at least 4 members (excludes halogenated alkanes) is 1. The third-order valence-corrected chi connectivity index (χ3v) is 3.49. The minimum Gasteiger partial charge on any atom is -0.441 e. The average molecular weight is 273 g/mol. The lowest BCUT2D eigenvalue weighted by Gasteiger charge is -2.31. The summed E-state index contributed by atoms with van der Waals surface area (Å²) in [6.45, 7) is 9.23. The van der Waals surface area contributed by atoms with E-state index < -0.39 is 29.8 Å². The summed E-state index contributed by atoms with van der Waals surface area (Å²) < 4.78 is 19.1. The van der Waals surface area contributed by atoms with E-state index in [4.69, 9.17) is 4.74 Å². The number of cyclic esters (lactones) is 1. The monoisotopic (exact) mass is 273 g/mol. The first-order chi connectivity index (χ1) is 8.72. The Kier molecular flexibility index (Phi) is 4.93. The molecule has 0 bridgehead atoms. The molecule has 2 unspecified atom stereocenters. The molecular formula is C14H24FNO3. The molecule has 4 nitrogen and oxygen atoms in total. The topological polar surface area (TPSA) is 46.6 Å². The number of imide groups is 1. The Hall–Kier alpha value is -1.13. The molecule has 0 spiro atoms. The van der Waals surface area contributed by atoms with Gasteiger partial charge in [0.05, 0.1) is 6.04 Å². The summed E-state index contributed by atoms with van der Waals surface area (Å²) >= 11 is 0. The Labute approximate surface area is 114 Å². The fourth-order valence-corrected chi connectivity index (χ4v) is 2.74. The second kappa shape index (κ2) is 5.88. The molecule has 2 atom stereocenters. The predicted octanol–water partition coefficient (Wildman–Crippen LogP) is 3.30. The zero-order chi connectivity index (χ0) is 14.8. The van der Waals surface area contributed by atoms with Gasteiger partial charge in [-0.25, -0.2) is 14.1 Å². The molecule has 1 saturated heterocycles. The van der Waals surface area contributed by atoms with Crippen molar-refractivity contribution < 1.29 is 18.7 Å². The fraction of sp³-hybridized carbons (Fsp3) is 0.857. The van der Waals surface area contributed by atoms with Crippen LogP contribution in [0.1, 0.15) is 53.9 Å². The van der Waals surface area contributed by atoms with Crippen LogP contribution in [0.3, 0.4) is 0 Å². The van der Waals surface area contributed by atoms with Crippen LogP contribution in [0.15, 0.2) is 0 Å². The number of ether oxygens (including phenoxy) is 1. The number of carbonyl (C=O) groups excluding carboxylic acids is 2. The van der Waals surface area contributed by atoms with Gasteiger partial charge in [-0.2, -0.15) is 0 Å². The number of rotatable bonds is 5. The van der Waals surface area contributed by atoms with E-state index in [2.05, 4.69) is 0 Å². The Morgan fingerprint density at radius 3 is 2.53 bits per heavy atom. The van der Waals surface area contributed by atoms with Crippen molar-refractivity contribution in [3.05, 3.63) is 0 Å². The molecule has 0 aliphatic carbocycles. The van der Waals surface area contributed by atoms with Crippen LogP contribution in [0.5, 0.6) is 0 Å². The maximum atomic E-state index is 13.9. The fourth-order valence-electron chi connectivity index (χ4n) is 2.74. The molecule has 0 N–H and O–H groups in total. The van der Waals surface area contributed by atoms with Crippen molar-refractivity contribution in [1.29, 1.82) is 0 Å². The highest BCUT2D eigenvalue weighted by atomic mass is 19.1. The second-order valence-electron chi connectivity index (χ2n) is 5.98. The van der Waals surface area contributed by atoms with Crippen molar-refractivity contribution in [3.63, 3.8) is 0 Å². The van der Waals surface area contributed by atoms with E-state index in [-0.39, 0.29) is 12.3 Å². The zero-order valence-electron chi connectivity index (χ0n) is 12.4. The van der Waals surface area contributed by atoms with Crippen molar-refractivity contribution in [1.82, 2.24) is 4.90 Å². The van der Waals surface area contributed by atoms with E-state index in [1.807, 2.05) is 20.8 Å². The molecule has 1 fully saturated rings. The van der Waals surface area contributed by atoms with Gasteiger partial charge in [0.25, 0.3) is 5.91 Å². The average Bonchev–Trinajstić information content (AvgIpc) is 2.54. The van der Waals surface area contributed by atoms with Gasteiger partial charge in [0.15, 0.2) is 6.17 Å². The quantitative estimate of drug-likeness (QED) is 0.772. The van der Waals surface area contributed by atoms with Gasteiger partial charge in [0.2, 0.25) is 0 Å². The number of hydrogen-bond acceptors (Lipinski definition) is 3. The molecule has 2 amide bonds. The molecule has 1 aliphatic heterocycles. The van der Waals surface area contributed by atoms with Crippen molar-refractivity contribution >= 4 is 12.0 Å². The molecule has 0 aromatic heterocycles. The summed E-state index contributed by atoms with van der Waals surface area (Å²) in [5.74, 6) is -0.744. The van der Waals surface area contributed by atoms with Crippen molar-refractivity contribution in [2.75, 3.05) is 0 Å². The molecule has 1 aliphatic rings. The van der Waals surface area contributed by atoms with E-state index >= 15 is 0 Å². The van der Waals surface area contributed by atoms with Gasteiger partial charge < -0.3 is 4.74 Å². The lowest BCUT2D eigenvalue weighted by molar-refractivity contribution is -0.136. The minimum absolute atomic E-state index is 0.0174. The lowest BCUT2D eigenvalue weighted by Crippen LogP contribution is -2.50. The third kappa shape index (κ3) is 3.25. The van der Waals surface area contributed by atoms with Crippen molar-refractivity contribution in [2.24, 2.45) is 5.92 Å². The Balaban J connectivity index is 2.90. The predicted molar refractivity (Wildman–Crippen MR) is 70.5 cm³/mol. The number of nitrogens with zero attached hydrogens (tertiary/aromatic N) is 1. The maximum Gasteiger partial charge on any atom is 0.417 e. The summed E-state index contributed by atoms with van der Waals surface area (Å²) in [7, 11) is 0. The molecule has 110 valence electrons. The molecular weight excluding hydrogens is 249 g/mol. The Morgan fingerprint density at radius 2 is 2.05 bits per heavy atom. The molecule has 19 heavy (non-hydrogen) atoms. The molecule has 0 aromatic carbocycles. The third-order valence-electron chi connectivity index (χ3n) is 3.49. The molecule has 0 aromatic rings. The molecule has 0 saturated carbocycles. The lowest BCUT2D eigenvalue weighted by atomic mass is 9.88. The van der Waals surface area contributed by atoms with Crippen molar-refractivity contribution in [3.8, 4) is 0 Å². The first kappa shape index (κ1) is 15.9. The summed E-state index contributed by atoms with van der Waals surface area (Å²) in [5.41, 5.74) is -0.772. The highest BCUT2D eigenvalue weighted by molar-refractivity contribution is 5.96. The van der Waals surface area contributed by atoms with Crippen LogP contribution in [0.25, 0.3) is 0 Å². The van der Waals surface area contributed by atoms with E-state index in [0.29, 0.717) is 6.42 Å². The first-order valence-corrected chi connectivity index (χ1v) is 6.92. The van der Waals surface area contributed by atoms with Gasteiger partial charge in [-0.05, 0) is 26.2 Å². The minimum atomic E-state index is -1.62. The van der Waals surface area contributed by atoms with Crippen molar-refractivity contribution in [2.45, 2.75) is 71.7 Å². The standard InChI is InChI=1S/C14H24FNO3/c1-6-7-8-10(15)12(17)16-11(9(2)3)14(4,5)19-13(16)18/h9-11H,6-8H2,1-5H3. The Bertz CT molecular complexity index is 355. The SMILES string of the molecule is CCCCC(F)C(=O)N1C(=O)OC(C)(C)C1C(C)C. The highest BCUT2D eigenvalue weighted by Gasteiger charge is 2.52. The number of halogens is 1. The second-order valence-corrected chi connectivity index (χ2v) is 5.98. The van der Waals surface area contributed by atoms with Crippen LogP contribution in [0, 0.1) is 5.92 Å². The summed E-state index contributed by atoms with van der Waals surface area (Å²) in [6.07, 6.45) is -0.747. The first-order valence-electron chi connectivity index (χ1n) is 6.92. The zero-order valence-corrected chi connectivity index (χ0v) is 12.4. The molecule has 0 radical (unpaired) electrons. The van der Waals surface area contributed by atoms with Crippen LogP contribution >= 0.6 is 0 Å². The smallest absolute Gasteiger partial charge is 0.417 e. The van der Waals surface area contributed by atoms with Gasteiger partial charge >= 0.3 is 6.09 Å². The number of alkyl halides is 1. The van der Waals surface area contributed by atoms with E-state index in [1.54, 1.807) is 13.8 Å². The molecule has 1 heterocycles. The van der Waals surface area contributed by atoms with Crippen LogP contribution < -0.4 is 0 Å². The van der Waals surface area contributed by atoms with Gasteiger partial charge in [-0.15, -0.1) is 0 Å². The highest BCUT2D eigenvalue weighted by Crippen LogP contribution is 2.35. The summed E-state index contributed by atoms with van der Waals surface area (Å²) in [5, 5.41) is 0. The van der Waals surface area contributed by atoms with E-state index in [0.717, 1.165) is 11.3 Å². The number of hydrogen-bond donors (Lipinski definition) is 0. The van der Waals surface area contributed by atoms with Crippen LogP contribution in [-0.4, -0.2) is 34.7 Å². The summed E-state index contributed by atoms with van der Waals surface area (Å²) in [6, 6.07) is -0.424. The van der Waals surface area contributed by atoms with E-state index in [9.17, 15) is 14.0 Å². The van der Waals surface area contributed by atoms with Crippen LogP contribution in [0.4, 0.5) is 9.18 Å². The number of amides is 2. The van der Waals surface area contributed by atoms with Gasteiger partial charge in [0, 0.05) is 0 Å². The molecule has 1 rings (SSSR count). The normalized spacial score (nSPS) is 23.6. The van der Waals surface area contributed by atoms with E-state index in [1.165, 1.54) is 0 Å². The van der Waals surface area contributed by atoms with Gasteiger partial charge in [0.1, 0.15) is 5.60 Å². The van der Waals surface area contributed by atoms with Crippen LogP contribution in [0.2, 0.25) is 0 Å². The Morgan fingerprint density at radius 1 is 1.47 bits per heavy atom. The maximum absolute atomic E-state index is 13.9. The summed E-state index contributed by atoms with van der Waals surface area (Å²) in [4.78, 5) is 24.9.